The number of carboxylic acid groups (broad SMARTS) is 1. The molecule has 0 aliphatic rings. The smallest absolute Gasteiger partial charge is 0.326 e. The normalized spacial score (nSPS) is 14.5. The van der Waals surface area contributed by atoms with Crippen LogP contribution in [0.3, 0.4) is 0 Å². The van der Waals surface area contributed by atoms with Crippen molar-refractivity contribution in [3.63, 3.8) is 0 Å². The number of nitrogens with two attached hydrogens (primary N) is 4. The molecule has 39 heavy (non-hydrogen) atoms. The number of carbonyl (C=O) groups excluding carboxylic acids is 4. The molecule has 0 fully saturated rings. The molecule has 1 aromatic carbocycles. The van der Waals surface area contributed by atoms with Crippen LogP contribution in [0.15, 0.2) is 35.3 Å². The Morgan fingerprint density at radius 1 is 0.923 bits per heavy atom. The number of hydrogen-bond acceptors (Lipinski definition) is 7. The molecule has 0 bridgehead atoms. The minimum Gasteiger partial charge on any atom is -0.480 e. The van der Waals surface area contributed by atoms with Gasteiger partial charge in [0.05, 0.1) is 12.5 Å². The first-order valence-electron chi connectivity index (χ1n) is 12.6. The first-order valence-corrected chi connectivity index (χ1v) is 12.6. The number of primary amides is 1. The minimum atomic E-state index is -1.28. The molecule has 0 radical (unpaired) electrons. The molecule has 0 aliphatic heterocycles. The van der Waals surface area contributed by atoms with Crippen LogP contribution in [0.25, 0.3) is 0 Å². The molecular weight excluding hydrogens is 508 g/mol. The largest absolute Gasteiger partial charge is 0.480 e. The van der Waals surface area contributed by atoms with Gasteiger partial charge < -0.3 is 44.0 Å². The Kier molecular flexibility index (Phi) is 14.0. The SMILES string of the molecule is CCC(C)C(NC(=O)C(CCCN=C(N)N)NC(=O)C(Cc1ccccc1)NC(=O)C(N)CC(N)=O)C(=O)O. The Balaban J connectivity index is 3.18. The lowest BCUT2D eigenvalue weighted by Crippen LogP contribution is -2.58. The molecular formula is C25H40N8O6. The van der Waals surface area contributed by atoms with E-state index >= 15 is 0 Å². The quantitative estimate of drug-likeness (QED) is 0.0611. The third kappa shape index (κ3) is 12.3. The maximum atomic E-state index is 13.4. The summed E-state index contributed by atoms with van der Waals surface area (Å²) in [5.41, 5.74) is 22.3. The summed E-state index contributed by atoms with van der Waals surface area (Å²) in [5, 5.41) is 17.2. The van der Waals surface area contributed by atoms with Crippen LogP contribution in [0.1, 0.15) is 45.1 Å². The van der Waals surface area contributed by atoms with Gasteiger partial charge >= 0.3 is 5.97 Å². The van der Waals surface area contributed by atoms with E-state index < -0.39 is 60.2 Å². The zero-order valence-corrected chi connectivity index (χ0v) is 22.3. The van der Waals surface area contributed by atoms with E-state index in [1.807, 2.05) is 0 Å². The third-order valence-electron chi connectivity index (χ3n) is 6.03. The Labute approximate surface area is 227 Å². The van der Waals surface area contributed by atoms with Gasteiger partial charge in [-0.25, -0.2) is 4.79 Å². The molecule has 1 rings (SSSR count). The molecule has 14 nitrogen and oxygen atoms in total. The van der Waals surface area contributed by atoms with Crippen LogP contribution < -0.4 is 38.9 Å². The van der Waals surface area contributed by atoms with Gasteiger partial charge in [-0.2, -0.15) is 0 Å². The summed E-state index contributed by atoms with van der Waals surface area (Å²) in [5.74, 6) is -4.70. The van der Waals surface area contributed by atoms with Crippen molar-refractivity contribution in [3.05, 3.63) is 35.9 Å². The van der Waals surface area contributed by atoms with E-state index in [-0.39, 0.29) is 37.7 Å². The van der Waals surface area contributed by atoms with Crippen molar-refractivity contribution >= 4 is 35.6 Å². The molecule has 0 saturated carbocycles. The molecule has 0 aromatic heterocycles. The lowest BCUT2D eigenvalue weighted by atomic mass is 9.98. The van der Waals surface area contributed by atoms with Crippen LogP contribution in [0.5, 0.6) is 0 Å². The third-order valence-corrected chi connectivity index (χ3v) is 6.03. The summed E-state index contributed by atoms with van der Waals surface area (Å²) in [4.78, 5) is 65.9. The fraction of sp³-hybridized carbons (Fsp3) is 0.520. The van der Waals surface area contributed by atoms with Crippen molar-refractivity contribution in [1.29, 1.82) is 0 Å². The van der Waals surface area contributed by atoms with Crippen molar-refractivity contribution in [2.45, 2.75) is 70.1 Å². The van der Waals surface area contributed by atoms with Crippen LogP contribution in [0.4, 0.5) is 0 Å². The van der Waals surface area contributed by atoms with Gasteiger partial charge in [-0.3, -0.25) is 24.2 Å². The number of carboxylic acids is 1. The summed E-state index contributed by atoms with van der Waals surface area (Å²) in [6.07, 6.45) is 0.489. The van der Waals surface area contributed by atoms with Gasteiger partial charge in [-0.05, 0) is 24.3 Å². The van der Waals surface area contributed by atoms with E-state index in [0.29, 0.717) is 12.0 Å². The molecule has 216 valence electrons. The van der Waals surface area contributed by atoms with Crippen LogP contribution >= 0.6 is 0 Å². The fourth-order valence-electron chi connectivity index (χ4n) is 3.63. The predicted octanol–water partition coefficient (Wildman–Crippen LogP) is -1.93. The average molecular weight is 549 g/mol. The van der Waals surface area contributed by atoms with Crippen molar-refractivity contribution < 1.29 is 29.1 Å². The standard InChI is InChI=1S/C25H40N8O6/c1-3-14(2)20(24(38)39)33-22(36)17(10-7-11-30-25(28)29)31-23(37)18(12-15-8-5-4-6-9-15)32-21(35)16(26)13-19(27)34/h4-6,8-9,14,16-18,20H,3,7,10-13,26H2,1-2H3,(H2,27,34)(H,31,37)(H,32,35)(H,33,36)(H,38,39)(H4,28,29,30). The zero-order valence-electron chi connectivity index (χ0n) is 22.3. The van der Waals surface area contributed by atoms with E-state index in [9.17, 15) is 29.1 Å². The Bertz CT molecular complexity index is 1020. The van der Waals surface area contributed by atoms with Crippen molar-refractivity contribution in [2.75, 3.05) is 6.54 Å². The number of nitrogens with one attached hydrogen (secondary N) is 3. The minimum absolute atomic E-state index is 0.0503. The van der Waals surface area contributed by atoms with E-state index in [0.717, 1.165) is 0 Å². The van der Waals surface area contributed by atoms with Gasteiger partial charge in [0, 0.05) is 13.0 Å². The molecule has 4 amide bonds. The second-order valence-corrected chi connectivity index (χ2v) is 9.25. The maximum Gasteiger partial charge on any atom is 0.326 e. The van der Waals surface area contributed by atoms with E-state index in [1.54, 1.807) is 44.2 Å². The van der Waals surface area contributed by atoms with Crippen molar-refractivity contribution in [3.8, 4) is 0 Å². The van der Waals surface area contributed by atoms with Crippen LogP contribution in [0, 0.1) is 5.92 Å². The number of guanidine groups is 1. The number of carbonyl (C=O) groups is 5. The van der Waals surface area contributed by atoms with Crippen molar-refractivity contribution in [2.24, 2.45) is 33.8 Å². The first kappa shape index (κ1) is 32.8. The zero-order chi connectivity index (χ0) is 29.5. The first-order chi connectivity index (χ1) is 18.3. The summed E-state index contributed by atoms with van der Waals surface area (Å²) in [7, 11) is 0. The number of hydrogen-bond donors (Lipinski definition) is 8. The van der Waals surface area contributed by atoms with Crippen LogP contribution in [-0.2, 0) is 30.4 Å². The van der Waals surface area contributed by atoms with Gasteiger partial charge in [0.1, 0.15) is 18.1 Å². The van der Waals surface area contributed by atoms with Gasteiger partial charge in [0.15, 0.2) is 5.96 Å². The number of nitrogens with zero attached hydrogens (tertiary/aromatic N) is 1. The molecule has 5 atom stereocenters. The molecule has 5 unspecified atom stereocenters. The molecule has 0 saturated heterocycles. The van der Waals surface area contributed by atoms with E-state index in [2.05, 4.69) is 20.9 Å². The van der Waals surface area contributed by atoms with Gasteiger partial charge in [-0.1, -0.05) is 50.6 Å². The highest BCUT2D eigenvalue weighted by molar-refractivity contribution is 5.95. The van der Waals surface area contributed by atoms with Crippen LogP contribution in [0.2, 0.25) is 0 Å². The van der Waals surface area contributed by atoms with E-state index in [1.165, 1.54) is 0 Å². The summed E-state index contributed by atoms with van der Waals surface area (Å²) in [6.45, 7) is 3.65. The summed E-state index contributed by atoms with van der Waals surface area (Å²) < 4.78 is 0. The van der Waals surface area contributed by atoms with Gasteiger partial charge in [0.2, 0.25) is 23.6 Å². The molecule has 1 aromatic rings. The molecule has 0 heterocycles. The van der Waals surface area contributed by atoms with Gasteiger partial charge in [0.25, 0.3) is 0 Å². The van der Waals surface area contributed by atoms with Crippen molar-refractivity contribution in [1.82, 2.24) is 16.0 Å². The van der Waals surface area contributed by atoms with Crippen LogP contribution in [-0.4, -0.2) is 71.4 Å². The predicted molar refractivity (Wildman–Crippen MR) is 145 cm³/mol. The lowest BCUT2D eigenvalue weighted by molar-refractivity contribution is -0.144. The Morgan fingerprint density at radius 2 is 1.51 bits per heavy atom. The lowest BCUT2D eigenvalue weighted by Gasteiger charge is -2.26. The Hall–Kier alpha value is -4.20. The van der Waals surface area contributed by atoms with E-state index in [4.69, 9.17) is 22.9 Å². The van der Waals surface area contributed by atoms with Gasteiger partial charge in [-0.15, -0.1) is 0 Å². The number of aliphatic imine (C=N–C) groups is 1. The number of rotatable bonds is 17. The maximum absolute atomic E-state index is 13.4. The molecule has 14 heteroatoms. The second-order valence-electron chi connectivity index (χ2n) is 9.25. The summed E-state index contributed by atoms with van der Waals surface area (Å²) in [6, 6.07) is 4.01. The highest BCUT2D eigenvalue weighted by atomic mass is 16.4. The number of aliphatic carboxylic acids is 1. The average Bonchev–Trinajstić information content (AvgIpc) is 2.87. The Morgan fingerprint density at radius 3 is 2.05 bits per heavy atom. The molecule has 12 N–H and O–H groups in total. The number of amides is 4. The molecule has 0 spiro atoms. The number of benzene rings is 1. The fourth-order valence-corrected chi connectivity index (χ4v) is 3.63. The highest BCUT2D eigenvalue weighted by Gasteiger charge is 2.32. The summed E-state index contributed by atoms with van der Waals surface area (Å²) >= 11 is 0. The molecule has 0 aliphatic carbocycles. The monoisotopic (exact) mass is 548 g/mol. The second kappa shape index (κ2) is 16.6. The highest BCUT2D eigenvalue weighted by Crippen LogP contribution is 2.10. The topological polar surface area (TPSA) is 258 Å².